The minimum absolute atomic E-state index is 0.0506. The van der Waals surface area contributed by atoms with Crippen molar-refractivity contribution in [2.24, 2.45) is 5.84 Å². The maximum absolute atomic E-state index is 5.88. The normalized spacial score (nSPS) is 12.5. The lowest BCUT2D eigenvalue weighted by Crippen LogP contribution is -2.29. The summed E-state index contributed by atoms with van der Waals surface area (Å²) in [5.41, 5.74) is 6.50. The first-order valence-electron chi connectivity index (χ1n) is 6.91. The quantitative estimate of drug-likeness (QED) is 0.545. The first kappa shape index (κ1) is 14.3. The molecule has 3 aromatic rings. The highest BCUT2D eigenvalue weighted by molar-refractivity contribution is 9.10. The molecule has 0 aliphatic heterocycles. The van der Waals surface area contributed by atoms with E-state index in [0.717, 1.165) is 10.0 Å². The third-order valence-electron chi connectivity index (χ3n) is 3.83. The topological polar surface area (TPSA) is 38.0 Å². The van der Waals surface area contributed by atoms with Gasteiger partial charge < -0.3 is 0 Å². The van der Waals surface area contributed by atoms with Crippen molar-refractivity contribution >= 4 is 26.7 Å². The number of rotatable bonds is 3. The number of nitrogens with two attached hydrogens (primary N) is 1. The standard InChI is InChI=1S/C18H17BrN2/c1-12-6-4-11-16(17(12)19)18(21-20)15-10-5-8-13-7-2-3-9-14(13)15/h2-11,18,21H,20H2,1H3. The van der Waals surface area contributed by atoms with Gasteiger partial charge in [-0.05, 0) is 34.4 Å². The maximum atomic E-state index is 5.88. The second-order valence-corrected chi connectivity index (χ2v) is 5.94. The number of nitrogens with one attached hydrogen (secondary N) is 1. The summed E-state index contributed by atoms with van der Waals surface area (Å²) in [7, 11) is 0. The Morgan fingerprint density at radius 2 is 1.57 bits per heavy atom. The average molecular weight is 341 g/mol. The third kappa shape index (κ3) is 2.60. The van der Waals surface area contributed by atoms with E-state index in [1.807, 2.05) is 0 Å². The van der Waals surface area contributed by atoms with E-state index in [4.69, 9.17) is 5.84 Å². The van der Waals surface area contributed by atoms with Crippen LogP contribution < -0.4 is 11.3 Å². The van der Waals surface area contributed by atoms with E-state index in [-0.39, 0.29) is 6.04 Å². The van der Waals surface area contributed by atoms with Gasteiger partial charge in [-0.3, -0.25) is 5.84 Å². The molecule has 0 bridgehead atoms. The fraction of sp³-hybridized carbons (Fsp3) is 0.111. The Balaban J connectivity index is 2.21. The summed E-state index contributed by atoms with van der Waals surface area (Å²) < 4.78 is 1.10. The lowest BCUT2D eigenvalue weighted by atomic mass is 9.93. The van der Waals surface area contributed by atoms with Gasteiger partial charge in [0.25, 0.3) is 0 Å². The van der Waals surface area contributed by atoms with Gasteiger partial charge in [-0.2, -0.15) is 0 Å². The highest BCUT2D eigenvalue weighted by Crippen LogP contribution is 2.33. The summed E-state index contributed by atoms with van der Waals surface area (Å²) in [6.07, 6.45) is 0. The molecule has 3 heteroatoms. The van der Waals surface area contributed by atoms with Gasteiger partial charge in [-0.25, -0.2) is 5.43 Å². The van der Waals surface area contributed by atoms with Crippen LogP contribution in [0.3, 0.4) is 0 Å². The Morgan fingerprint density at radius 1 is 0.905 bits per heavy atom. The molecular formula is C18H17BrN2. The predicted octanol–water partition coefficient (Wildman–Crippen LogP) is 4.46. The van der Waals surface area contributed by atoms with Gasteiger partial charge in [0.2, 0.25) is 0 Å². The van der Waals surface area contributed by atoms with Crippen LogP contribution in [0.2, 0.25) is 0 Å². The van der Waals surface area contributed by atoms with E-state index in [1.165, 1.54) is 21.9 Å². The third-order valence-corrected chi connectivity index (χ3v) is 4.92. The molecule has 3 rings (SSSR count). The van der Waals surface area contributed by atoms with Crippen LogP contribution in [0.25, 0.3) is 10.8 Å². The summed E-state index contributed by atoms with van der Waals surface area (Å²) in [5.74, 6) is 5.88. The molecule has 0 spiro atoms. The maximum Gasteiger partial charge on any atom is 0.0727 e. The molecular weight excluding hydrogens is 324 g/mol. The van der Waals surface area contributed by atoms with Crippen LogP contribution in [0.4, 0.5) is 0 Å². The van der Waals surface area contributed by atoms with E-state index in [0.29, 0.717) is 0 Å². The Morgan fingerprint density at radius 3 is 2.38 bits per heavy atom. The largest absolute Gasteiger partial charge is 0.271 e. The van der Waals surface area contributed by atoms with Gasteiger partial charge in [0, 0.05) is 4.47 Å². The van der Waals surface area contributed by atoms with Crippen LogP contribution in [0.1, 0.15) is 22.7 Å². The number of hydrogen-bond acceptors (Lipinski definition) is 2. The van der Waals surface area contributed by atoms with Gasteiger partial charge >= 0.3 is 0 Å². The van der Waals surface area contributed by atoms with E-state index in [1.54, 1.807) is 0 Å². The van der Waals surface area contributed by atoms with Gasteiger partial charge in [-0.1, -0.05) is 76.6 Å². The molecule has 0 heterocycles. The summed E-state index contributed by atoms with van der Waals surface area (Å²) in [5, 5.41) is 2.44. The van der Waals surface area contributed by atoms with Crippen molar-refractivity contribution < 1.29 is 0 Å². The average Bonchev–Trinajstić information content (AvgIpc) is 2.52. The SMILES string of the molecule is Cc1cccc(C(NN)c2cccc3ccccc23)c1Br. The highest BCUT2D eigenvalue weighted by Gasteiger charge is 2.18. The summed E-state index contributed by atoms with van der Waals surface area (Å²) in [6, 6.07) is 20.9. The Bertz CT molecular complexity index is 778. The molecule has 3 aromatic carbocycles. The van der Waals surface area contributed by atoms with Crippen molar-refractivity contribution in [1.82, 2.24) is 5.43 Å². The molecule has 1 unspecified atom stereocenters. The first-order chi connectivity index (χ1) is 10.2. The predicted molar refractivity (Wildman–Crippen MR) is 92.0 cm³/mol. The number of halogens is 1. The zero-order chi connectivity index (χ0) is 14.8. The lowest BCUT2D eigenvalue weighted by Gasteiger charge is -2.21. The van der Waals surface area contributed by atoms with Crippen LogP contribution >= 0.6 is 15.9 Å². The van der Waals surface area contributed by atoms with Crippen LogP contribution in [-0.4, -0.2) is 0 Å². The van der Waals surface area contributed by atoms with E-state index >= 15 is 0 Å². The first-order valence-corrected chi connectivity index (χ1v) is 7.70. The highest BCUT2D eigenvalue weighted by atomic mass is 79.9. The summed E-state index contributed by atoms with van der Waals surface area (Å²) >= 11 is 3.69. The molecule has 0 radical (unpaired) electrons. The molecule has 0 amide bonds. The molecule has 0 aromatic heterocycles. The smallest absolute Gasteiger partial charge is 0.0727 e. The number of aryl methyl sites for hydroxylation is 1. The Hall–Kier alpha value is -1.68. The van der Waals surface area contributed by atoms with Crippen molar-refractivity contribution in [2.75, 3.05) is 0 Å². The Labute approximate surface area is 133 Å². The molecule has 0 saturated carbocycles. The van der Waals surface area contributed by atoms with Gasteiger partial charge in [0.1, 0.15) is 0 Å². The van der Waals surface area contributed by atoms with Gasteiger partial charge in [-0.15, -0.1) is 0 Å². The second-order valence-electron chi connectivity index (χ2n) is 5.15. The second kappa shape index (κ2) is 5.98. The monoisotopic (exact) mass is 340 g/mol. The van der Waals surface area contributed by atoms with Crippen LogP contribution in [-0.2, 0) is 0 Å². The molecule has 0 fully saturated rings. The molecule has 0 saturated heterocycles. The molecule has 0 aliphatic rings. The lowest BCUT2D eigenvalue weighted by molar-refractivity contribution is 0.638. The van der Waals surface area contributed by atoms with Crippen LogP contribution in [0.5, 0.6) is 0 Å². The van der Waals surface area contributed by atoms with E-state index < -0.39 is 0 Å². The van der Waals surface area contributed by atoms with E-state index in [9.17, 15) is 0 Å². The number of fused-ring (bicyclic) bond motifs is 1. The summed E-state index contributed by atoms with van der Waals surface area (Å²) in [6.45, 7) is 2.09. The van der Waals surface area contributed by atoms with Crippen LogP contribution in [0.15, 0.2) is 65.1 Å². The van der Waals surface area contributed by atoms with Crippen molar-refractivity contribution in [3.05, 3.63) is 81.8 Å². The van der Waals surface area contributed by atoms with Crippen LogP contribution in [0, 0.1) is 6.92 Å². The van der Waals surface area contributed by atoms with Crippen molar-refractivity contribution in [2.45, 2.75) is 13.0 Å². The van der Waals surface area contributed by atoms with Crippen molar-refractivity contribution in [1.29, 1.82) is 0 Å². The Kier molecular flexibility index (Phi) is 4.06. The molecule has 1 atom stereocenters. The fourth-order valence-corrected chi connectivity index (χ4v) is 3.24. The molecule has 21 heavy (non-hydrogen) atoms. The van der Waals surface area contributed by atoms with Crippen molar-refractivity contribution in [3.8, 4) is 0 Å². The van der Waals surface area contributed by atoms with E-state index in [2.05, 4.69) is 88.9 Å². The molecule has 0 aliphatic carbocycles. The minimum Gasteiger partial charge on any atom is -0.271 e. The minimum atomic E-state index is -0.0506. The number of benzene rings is 3. The molecule has 106 valence electrons. The molecule has 2 nitrogen and oxygen atoms in total. The zero-order valence-corrected chi connectivity index (χ0v) is 13.4. The van der Waals surface area contributed by atoms with Gasteiger partial charge in [0.15, 0.2) is 0 Å². The fourth-order valence-electron chi connectivity index (χ4n) is 2.74. The van der Waals surface area contributed by atoms with Gasteiger partial charge in [0.05, 0.1) is 6.04 Å². The number of hydrazine groups is 1. The number of hydrogen-bond donors (Lipinski definition) is 2. The zero-order valence-electron chi connectivity index (χ0n) is 11.8. The molecule has 3 N–H and O–H groups in total. The van der Waals surface area contributed by atoms with Crippen molar-refractivity contribution in [3.63, 3.8) is 0 Å². The summed E-state index contributed by atoms with van der Waals surface area (Å²) in [4.78, 5) is 0.